The minimum atomic E-state index is 0.0976. The number of hydrogen-bond donors (Lipinski definition) is 2. The molecule has 140 valence electrons. The summed E-state index contributed by atoms with van der Waals surface area (Å²) in [7, 11) is 2.06. The van der Waals surface area contributed by atoms with Crippen LogP contribution < -0.4 is 5.32 Å². The van der Waals surface area contributed by atoms with Gasteiger partial charge in [-0.15, -0.1) is 0 Å². The predicted octanol–water partition coefficient (Wildman–Crippen LogP) is 3.84. The number of nitrogens with zero attached hydrogens (tertiary/aromatic N) is 1. The van der Waals surface area contributed by atoms with Crippen LogP contribution in [-0.2, 0) is 17.6 Å². The number of carbonyl (C=O) groups excluding carboxylic acids is 1. The molecule has 1 aliphatic carbocycles. The molecule has 4 rings (SSSR count). The van der Waals surface area contributed by atoms with E-state index in [0.717, 1.165) is 24.8 Å². The summed E-state index contributed by atoms with van der Waals surface area (Å²) in [6, 6.07) is 17.3. The van der Waals surface area contributed by atoms with Gasteiger partial charge in [0, 0.05) is 29.7 Å². The number of rotatable bonds is 6. The van der Waals surface area contributed by atoms with Crippen LogP contribution in [0.25, 0.3) is 10.9 Å². The Balaban J connectivity index is 1.31. The molecule has 0 aliphatic heterocycles. The maximum Gasteiger partial charge on any atom is 0.234 e. The highest BCUT2D eigenvalue weighted by molar-refractivity contribution is 5.83. The van der Waals surface area contributed by atoms with Gasteiger partial charge in [0.2, 0.25) is 5.91 Å². The molecule has 1 heterocycles. The first-order valence-electron chi connectivity index (χ1n) is 9.82. The first-order chi connectivity index (χ1) is 13.2. The summed E-state index contributed by atoms with van der Waals surface area (Å²) in [5, 5.41) is 4.32. The molecule has 3 aromatic rings. The standard InChI is InChI=1S/C23H27N3O/c1-26(22-12-6-8-17-7-2-3-10-20(17)22)16-23(27)24-14-13-18-15-25-21-11-5-4-9-19(18)21/h2-5,7,9-11,15,22,25H,6,8,12-14,16H2,1H3,(H,24,27)/t22-/m0/s1. The largest absolute Gasteiger partial charge is 0.361 e. The lowest BCUT2D eigenvalue weighted by molar-refractivity contribution is -0.122. The third kappa shape index (κ3) is 3.91. The Morgan fingerprint density at radius 2 is 2.00 bits per heavy atom. The summed E-state index contributed by atoms with van der Waals surface area (Å²) in [5.41, 5.74) is 5.22. The summed E-state index contributed by atoms with van der Waals surface area (Å²) in [5.74, 6) is 0.0976. The van der Waals surface area contributed by atoms with Gasteiger partial charge >= 0.3 is 0 Å². The highest BCUT2D eigenvalue weighted by Gasteiger charge is 2.24. The summed E-state index contributed by atoms with van der Waals surface area (Å²) in [6.45, 7) is 1.10. The maximum atomic E-state index is 12.4. The number of aromatic amines is 1. The van der Waals surface area contributed by atoms with Gasteiger partial charge in [-0.2, -0.15) is 0 Å². The Bertz CT molecular complexity index is 930. The van der Waals surface area contributed by atoms with Crippen molar-refractivity contribution in [3.8, 4) is 0 Å². The monoisotopic (exact) mass is 361 g/mol. The van der Waals surface area contributed by atoms with Gasteiger partial charge in [0.1, 0.15) is 0 Å². The fraction of sp³-hybridized carbons (Fsp3) is 0.348. The fourth-order valence-corrected chi connectivity index (χ4v) is 4.25. The number of amides is 1. The first-order valence-corrected chi connectivity index (χ1v) is 9.82. The van der Waals surface area contributed by atoms with Crippen molar-refractivity contribution in [2.24, 2.45) is 0 Å². The molecule has 0 spiro atoms. The van der Waals surface area contributed by atoms with E-state index in [4.69, 9.17) is 0 Å². The van der Waals surface area contributed by atoms with Gasteiger partial charge in [-0.25, -0.2) is 0 Å². The average molecular weight is 361 g/mol. The molecule has 2 aromatic carbocycles. The van der Waals surface area contributed by atoms with Crippen molar-refractivity contribution >= 4 is 16.8 Å². The van der Waals surface area contributed by atoms with E-state index in [-0.39, 0.29) is 5.91 Å². The van der Waals surface area contributed by atoms with Crippen LogP contribution in [-0.4, -0.2) is 35.9 Å². The molecular weight excluding hydrogens is 334 g/mol. The van der Waals surface area contributed by atoms with Crippen LogP contribution in [0.3, 0.4) is 0 Å². The van der Waals surface area contributed by atoms with E-state index in [1.165, 1.54) is 28.5 Å². The summed E-state index contributed by atoms with van der Waals surface area (Å²) >= 11 is 0. The number of aromatic nitrogens is 1. The van der Waals surface area contributed by atoms with E-state index in [2.05, 4.69) is 64.7 Å². The van der Waals surface area contributed by atoms with Crippen molar-refractivity contribution < 1.29 is 4.79 Å². The first kappa shape index (κ1) is 17.8. The zero-order valence-electron chi connectivity index (χ0n) is 15.9. The minimum absolute atomic E-state index is 0.0976. The number of hydrogen-bond acceptors (Lipinski definition) is 2. The van der Waals surface area contributed by atoms with Crippen LogP contribution in [0.5, 0.6) is 0 Å². The molecule has 1 aromatic heterocycles. The predicted molar refractivity (Wildman–Crippen MR) is 110 cm³/mol. The van der Waals surface area contributed by atoms with Gasteiger partial charge in [0.05, 0.1) is 6.54 Å². The third-order valence-corrected chi connectivity index (χ3v) is 5.65. The van der Waals surface area contributed by atoms with E-state index in [0.29, 0.717) is 19.1 Å². The molecule has 0 saturated carbocycles. The minimum Gasteiger partial charge on any atom is -0.361 e. The Hall–Kier alpha value is -2.59. The third-order valence-electron chi connectivity index (χ3n) is 5.65. The van der Waals surface area contributed by atoms with Gasteiger partial charge in [0.15, 0.2) is 0 Å². The molecule has 1 aliphatic rings. The van der Waals surface area contributed by atoms with E-state index in [9.17, 15) is 4.79 Å². The normalized spacial score (nSPS) is 16.4. The van der Waals surface area contributed by atoms with Crippen LogP contribution in [0.2, 0.25) is 0 Å². The molecule has 1 atom stereocenters. The van der Waals surface area contributed by atoms with E-state index in [1.807, 2.05) is 12.3 Å². The van der Waals surface area contributed by atoms with Crippen LogP contribution in [0, 0.1) is 0 Å². The number of fused-ring (bicyclic) bond motifs is 2. The van der Waals surface area contributed by atoms with Gasteiger partial charge in [-0.1, -0.05) is 42.5 Å². The Kier molecular flexibility index (Phi) is 5.26. The van der Waals surface area contributed by atoms with Crippen molar-refractivity contribution in [2.75, 3.05) is 20.1 Å². The van der Waals surface area contributed by atoms with Crippen molar-refractivity contribution in [2.45, 2.75) is 31.7 Å². The number of nitrogens with one attached hydrogen (secondary N) is 2. The van der Waals surface area contributed by atoms with Crippen molar-refractivity contribution in [1.82, 2.24) is 15.2 Å². The number of aryl methyl sites for hydroxylation is 1. The molecule has 27 heavy (non-hydrogen) atoms. The lowest BCUT2D eigenvalue weighted by atomic mass is 9.87. The Labute approximate surface area is 160 Å². The van der Waals surface area contributed by atoms with Crippen molar-refractivity contribution in [3.63, 3.8) is 0 Å². The van der Waals surface area contributed by atoms with Gasteiger partial charge in [-0.3, -0.25) is 9.69 Å². The highest BCUT2D eigenvalue weighted by atomic mass is 16.2. The lowest BCUT2D eigenvalue weighted by Crippen LogP contribution is -2.38. The Morgan fingerprint density at radius 1 is 1.19 bits per heavy atom. The van der Waals surface area contributed by atoms with Gasteiger partial charge in [-0.05, 0) is 55.5 Å². The van der Waals surface area contributed by atoms with E-state index >= 15 is 0 Å². The van der Waals surface area contributed by atoms with E-state index < -0.39 is 0 Å². The van der Waals surface area contributed by atoms with Crippen LogP contribution in [0.15, 0.2) is 54.7 Å². The highest BCUT2D eigenvalue weighted by Crippen LogP contribution is 2.33. The average Bonchev–Trinajstić information content (AvgIpc) is 3.11. The second-order valence-corrected chi connectivity index (χ2v) is 7.48. The number of likely N-dealkylation sites (N-methyl/N-ethyl adjacent to an activating group) is 1. The lowest BCUT2D eigenvalue weighted by Gasteiger charge is -2.32. The summed E-state index contributed by atoms with van der Waals surface area (Å²) < 4.78 is 0. The van der Waals surface area contributed by atoms with E-state index in [1.54, 1.807) is 0 Å². The van der Waals surface area contributed by atoms with Crippen LogP contribution in [0.1, 0.15) is 35.6 Å². The summed E-state index contributed by atoms with van der Waals surface area (Å²) in [4.78, 5) is 17.9. The quantitative estimate of drug-likeness (QED) is 0.701. The van der Waals surface area contributed by atoms with Gasteiger partial charge in [0.25, 0.3) is 0 Å². The van der Waals surface area contributed by atoms with Crippen LogP contribution in [0.4, 0.5) is 0 Å². The smallest absolute Gasteiger partial charge is 0.234 e. The van der Waals surface area contributed by atoms with Crippen molar-refractivity contribution in [3.05, 3.63) is 71.4 Å². The SMILES string of the molecule is CN(CC(=O)NCCc1c[nH]c2ccccc12)[C@H]1CCCc2ccccc21. The second-order valence-electron chi connectivity index (χ2n) is 7.48. The number of H-pyrrole nitrogens is 1. The van der Waals surface area contributed by atoms with Crippen molar-refractivity contribution in [1.29, 1.82) is 0 Å². The molecule has 2 N–H and O–H groups in total. The molecule has 0 unspecified atom stereocenters. The maximum absolute atomic E-state index is 12.4. The topological polar surface area (TPSA) is 48.1 Å². The Morgan fingerprint density at radius 3 is 2.93 bits per heavy atom. The number of carbonyl (C=O) groups is 1. The summed E-state index contributed by atoms with van der Waals surface area (Å²) in [6.07, 6.45) is 6.34. The molecule has 0 bridgehead atoms. The van der Waals surface area contributed by atoms with Gasteiger partial charge < -0.3 is 10.3 Å². The molecular formula is C23H27N3O. The second kappa shape index (κ2) is 7.97. The zero-order valence-corrected chi connectivity index (χ0v) is 15.9. The molecule has 4 heteroatoms. The molecule has 1 amide bonds. The number of para-hydroxylation sites is 1. The molecule has 4 nitrogen and oxygen atoms in total. The fourth-order valence-electron chi connectivity index (χ4n) is 4.25. The zero-order chi connectivity index (χ0) is 18.6. The molecule has 0 radical (unpaired) electrons. The molecule has 0 saturated heterocycles. The van der Waals surface area contributed by atoms with Crippen LogP contribution >= 0.6 is 0 Å². The number of benzene rings is 2. The molecule has 0 fully saturated rings.